The number of esters is 1. The van der Waals surface area contributed by atoms with Crippen LogP contribution in [0.25, 0.3) is 0 Å². The second kappa shape index (κ2) is 7.43. The summed E-state index contributed by atoms with van der Waals surface area (Å²) >= 11 is 0. The Balaban J connectivity index is 2.47. The molecule has 0 saturated carbocycles. The number of rotatable bonds is 7. The molecule has 1 rings (SSSR count). The Morgan fingerprint density at radius 3 is 2.58 bits per heavy atom. The van der Waals surface area contributed by atoms with Gasteiger partial charge in [-0.2, -0.15) is 0 Å². The van der Waals surface area contributed by atoms with Gasteiger partial charge < -0.3 is 9.26 Å². The smallest absolute Gasteiger partial charge is 0.323 e. The average molecular weight is 285 g/mol. The molecule has 2 atom stereocenters. The Morgan fingerprint density at radius 2 is 2.00 bits per heavy atom. The molecule has 1 N–H and O–H groups in total. The largest absolute Gasteiger partial charge is 0.465 e. The van der Waals surface area contributed by atoms with Crippen LogP contribution in [0.2, 0.25) is 0 Å². The highest BCUT2D eigenvalue weighted by Crippen LogP contribution is 2.39. The molecule has 0 fully saturated rings. The zero-order valence-electron chi connectivity index (χ0n) is 11.5. The van der Waals surface area contributed by atoms with Crippen LogP contribution in [0.15, 0.2) is 30.3 Å². The molecular formula is C13H20NO4P. The molecule has 0 aliphatic heterocycles. The first-order valence-electron chi connectivity index (χ1n) is 6.15. The van der Waals surface area contributed by atoms with E-state index < -0.39 is 19.5 Å². The molecule has 106 valence electrons. The molecule has 0 amide bonds. The van der Waals surface area contributed by atoms with E-state index in [1.54, 1.807) is 13.8 Å². The number of carbonyl (C=O) groups excluding carboxylic acids is 1. The highest BCUT2D eigenvalue weighted by atomic mass is 31.2. The maximum atomic E-state index is 12.2. The molecule has 0 aromatic heterocycles. The van der Waals surface area contributed by atoms with Crippen LogP contribution in [0, 0.1) is 0 Å². The fourth-order valence-corrected chi connectivity index (χ4v) is 2.76. The van der Waals surface area contributed by atoms with Crippen molar-refractivity contribution in [1.29, 1.82) is 0 Å². The highest BCUT2D eigenvalue weighted by Gasteiger charge is 2.24. The van der Waals surface area contributed by atoms with Crippen molar-refractivity contribution in [2.24, 2.45) is 0 Å². The highest BCUT2D eigenvalue weighted by molar-refractivity contribution is 7.56. The third-order valence-corrected chi connectivity index (χ3v) is 3.87. The van der Waals surface area contributed by atoms with E-state index in [1.807, 2.05) is 30.3 Å². The third-order valence-electron chi connectivity index (χ3n) is 2.39. The zero-order chi connectivity index (χ0) is 14.3. The molecule has 2 unspecified atom stereocenters. The van der Waals surface area contributed by atoms with Crippen molar-refractivity contribution in [2.45, 2.75) is 26.5 Å². The van der Waals surface area contributed by atoms with Crippen molar-refractivity contribution in [3.63, 3.8) is 0 Å². The Morgan fingerprint density at radius 1 is 1.37 bits per heavy atom. The van der Waals surface area contributed by atoms with Crippen molar-refractivity contribution < 1.29 is 18.6 Å². The Kier molecular flexibility index (Phi) is 6.22. The predicted molar refractivity (Wildman–Crippen MR) is 74.0 cm³/mol. The molecule has 0 saturated heterocycles. The van der Waals surface area contributed by atoms with E-state index in [4.69, 9.17) is 9.26 Å². The van der Waals surface area contributed by atoms with Crippen LogP contribution in [0.1, 0.15) is 19.4 Å². The molecule has 0 heterocycles. The van der Waals surface area contributed by atoms with Gasteiger partial charge in [-0.1, -0.05) is 30.3 Å². The summed E-state index contributed by atoms with van der Waals surface area (Å²) in [4.78, 5) is 11.4. The van der Waals surface area contributed by atoms with E-state index in [0.717, 1.165) is 5.56 Å². The van der Waals surface area contributed by atoms with E-state index in [2.05, 4.69) is 5.09 Å². The Labute approximate surface area is 113 Å². The molecular weight excluding hydrogens is 265 g/mol. The lowest BCUT2D eigenvalue weighted by Crippen LogP contribution is -2.33. The molecule has 0 bridgehead atoms. The summed E-state index contributed by atoms with van der Waals surface area (Å²) in [5, 5.41) is 2.67. The van der Waals surface area contributed by atoms with Gasteiger partial charge in [0.2, 0.25) is 0 Å². The number of hydrogen-bond donors (Lipinski definition) is 1. The van der Waals surface area contributed by atoms with Crippen molar-refractivity contribution in [3.8, 4) is 0 Å². The fourth-order valence-electron chi connectivity index (χ4n) is 1.48. The Hall–Kier alpha value is -1.16. The summed E-state index contributed by atoms with van der Waals surface area (Å²) in [6.07, 6.45) is 0. The minimum absolute atomic E-state index is 0.233. The van der Waals surface area contributed by atoms with Crippen LogP contribution in [0.5, 0.6) is 0 Å². The van der Waals surface area contributed by atoms with Gasteiger partial charge >= 0.3 is 5.97 Å². The second-order valence-corrected chi connectivity index (χ2v) is 6.42. The third kappa shape index (κ3) is 6.01. The number of nitrogens with one attached hydrogen (secondary N) is 1. The summed E-state index contributed by atoms with van der Waals surface area (Å²) in [5.41, 5.74) is 0.926. The second-order valence-electron chi connectivity index (χ2n) is 4.21. The van der Waals surface area contributed by atoms with Crippen LogP contribution in [-0.4, -0.2) is 25.3 Å². The summed E-state index contributed by atoms with van der Waals surface area (Å²) in [6, 6.07) is 8.77. The first-order chi connectivity index (χ1) is 8.94. The molecule has 0 radical (unpaired) electrons. The first-order valence-corrected chi connectivity index (χ1v) is 8.22. The van der Waals surface area contributed by atoms with Gasteiger partial charge in [0.15, 0.2) is 0 Å². The monoisotopic (exact) mass is 285 g/mol. The lowest BCUT2D eigenvalue weighted by atomic mass is 10.2. The molecule has 0 spiro atoms. The number of hydrogen-bond acceptors (Lipinski definition) is 4. The normalized spacial score (nSPS) is 15.5. The average Bonchev–Trinajstić information content (AvgIpc) is 2.37. The summed E-state index contributed by atoms with van der Waals surface area (Å²) in [7, 11) is -3.04. The number of carbonyl (C=O) groups is 1. The summed E-state index contributed by atoms with van der Waals surface area (Å²) in [6.45, 7) is 5.30. The van der Waals surface area contributed by atoms with E-state index in [-0.39, 0.29) is 6.61 Å². The SMILES string of the molecule is CCOC(=O)C(C)NP(C)(=O)OCc1ccccc1. The molecule has 0 aliphatic rings. The van der Waals surface area contributed by atoms with Crippen LogP contribution in [0.3, 0.4) is 0 Å². The fraction of sp³-hybridized carbons (Fsp3) is 0.462. The van der Waals surface area contributed by atoms with Gasteiger partial charge in [0.1, 0.15) is 6.04 Å². The van der Waals surface area contributed by atoms with Gasteiger partial charge in [-0.25, -0.2) is 5.09 Å². The van der Waals surface area contributed by atoms with Crippen molar-refractivity contribution in [2.75, 3.05) is 13.3 Å². The minimum Gasteiger partial charge on any atom is -0.465 e. The molecule has 6 heteroatoms. The van der Waals surface area contributed by atoms with E-state index in [9.17, 15) is 9.36 Å². The van der Waals surface area contributed by atoms with Gasteiger partial charge in [0, 0.05) is 6.66 Å². The summed E-state index contributed by atoms with van der Waals surface area (Å²) in [5.74, 6) is -0.437. The molecule has 1 aromatic carbocycles. The van der Waals surface area contributed by atoms with Gasteiger partial charge in [0.25, 0.3) is 7.52 Å². The number of benzene rings is 1. The maximum Gasteiger partial charge on any atom is 0.323 e. The first kappa shape index (κ1) is 15.9. The van der Waals surface area contributed by atoms with Crippen molar-refractivity contribution in [3.05, 3.63) is 35.9 Å². The van der Waals surface area contributed by atoms with Gasteiger partial charge in [0.05, 0.1) is 13.2 Å². The molecule has 1 aromatic rings. The standard InChI is InChI=1S/C13H20NO4P/c1-4-17-13(15)11(2)14-19(3,16)18-10-12-8-6-5-7-9-12/h5-9,11H,4,10H2,1-3H3,(H,14,16). The minimum atomic E-state index is -3.04. The van der Waals surface area contributed by atoms with Crippen LogP contribution in [0.4, 0.5) is 0 Å². The molecule has 0 aliphatic carbocycles. The van der Waals surface area contributed by atoms with E-state index in [0.29, 0.717) is 6.61 Å². The topological polar surface area (TPSA) is 64.6 Å². The summed E-state index contributed by atoms with van der Waals surface area (Å²) < 4.78 is 22.4. The van der Waals surface area contributed by atoms with Gasteiger partial charge in [-0.15, -0.1) is 0 Å². The van der Waals surface area contributed by atoms with Gasteiger partial charge in [-0.05, 0) is 19.4 Å². The van der Waals surface area contributed by atoms with E-state index >= 15 is 0 Å². The lowest BCUT2D eigenvalue weighted by Gasteiger charge is -2.19. The molecule has 5 nitrogen and oxygen atoms in total. The Bertz CT molecular complexity index is 449. The zero-order valence-corrected chi connectivity index (χ0v) is 12.4. The van der Waals surface area contributed by atoms with Gasteiger partial charge in [-0.3, -0.25) is 9.36 Å². The van der Waals surface area contributed by atoms with Crippen molar-refractivity contribution >= 4 is 13.5 Å². The van der Waals surface area contributed by atoms with Crippen LogP contribution < -0.4 is 5.09 Å². The number of ether oxygens (including phenoxy) is 1. The van der Waals surface area contributed by atoms with Crippen LogP contribution in [-0.2, 0) is 25.2 Å². The predicted octanol–water partition coefficient (Wildman–Crippen LogP) is 2.57. The quantitative estimate of drug-likeness (QED) is 0.616. The molecule has 19 heavy (non-hydrogen) atoms. The van der Waals surface area contributed by atoms with E-state index in [1.165, 1.54) is 6.66 Å². The lowest BCUT2D eigenvalue weighted by molar-refractivity contribution is -0.144. The van der Waals surface area contributed by atoms with Crippen molar-refractivity contribution in [1.82, 2.24) is 5.09 Å². The van der Waals surface area contributed by atoms with Crippen LogP contribution >= 0.6 is 7.52 Å². The maximum absolute atomic E-state index is 12.2.